The standard InChI is InChI=1S/2ClH.Fe.2H3P/h2*1H;;2*1H3/q;;+2;;/p-2. The van der Waals surface area contributed by atoms with Crippen molar-refractivity contribution >= 4 is 40.0 Å². The molecular formula is H6Cl2FeP2. The molecule has 0 spiro atoms. The van der Waals surface area contributed by atoms with Gasteiger partial charge in [0.1, 0.15) is 0 Å². The summed E-state index contributed by atoms with van der Waals surface area (Å²) in [7, 11) is 9.53. The fourth-order valence-corrected chi connectivity index (χ4v) is 0. The third kappa shape index (κ3) is 24.3. The second-order valence-corrected chi connectivity index (χ2v) is 1.87. The molecule has 0 saturated carbocycles. The predicted octanol–water partition coefficient (Wildman–Crippen LogP) is 1.49. The Hall–Kier alpha value is 1.96. The molecule has 0 aliphatic carbocycles. The van der Waals surface area contributed by atoms with Gasteiger partial charge >= 0.3 is 33.3 Å². The molecule has 0 radical (unpaired) electrons. The Labute approximate surface area is 53.2 Å². The zero-order valence-electron chi connectivity index (χ0n) is 2.52. The van der Waals surface area contributed by atoms with E-state index in [2.05, 4.69) is 0 Å². The monoisotopic (exact) mass is 194 g/mol. The van der Waals surface area contributed by atoms with Crippen LogP contribution >= 0.6 is 40.0 Å². The average molecular weight is 195 g/mol. The van der Waals surface area contributed by atoms with Gasteiger partial charge < -0.3 is 0 Å². The van der Waals surface area contributed by atoms with E-state index in [-0.39, 0.29) is 32.9 Å². The second-order valence-electron chi connectivity index (χ2n) is 0.0505. The van der Waals surface area contributed by atoms with Crippen LogP contribution in [0.15, 0.2) is 0 Å². The van der Waals surface area contributed by atoms with E-state index in [0.29, 0.717) is 0 Å². The van der Waals surface area contributed by atoms with E-state index in [0.717, 1.165) is 0 Å². The van der Waals surface area contributed by atoms with Gasteiger partial charge in [-0.05, 0) is 0 Å². The quantitative estimate of drug-likeness (QED) is 0.405. The maximum atomic E-state index is 4.76. The summed E-state index contributed by atoms with van der Waals surface area (Å²) >= 11 is 0.194. The fraction of sp³-hybridized carbons (Fsp3) is 0. The van der Waals surface area contributed by atoms with E-state index in [1.807, 2.05) is 0 Å². The van der Waals surface area contributed by atoms with Crippen LogP contribution in [0.25, 0.3) is 0 Å². The Balaban J connectivity index is -0.0000000200. The molecule has 0 aliphatic heterocycles. The Morgan fingerprint density at radius 3 is 1.00 bits per heavy atom. The molecule has 5 heavy (non-hydrogen) atoms. The van der Waals surface area contributed by atoms with Gasteiger partial charge in [-0.15, -0.1) is 0 Å². The SMILES string of the molecule is P.P.[Cl][Fe][Cl]. The predicted molar refractivity (Wildman–Crippen MR) is 33.9 cm³/mol. The van der Waals surface area contributed by atoms with Crippen molar-refractivity contribution in [2.24, 2.45) is 0 Å². The van der Waals surface area contributed by atoms with Crippen LogP contribution in [0.4, 0.5) is 0 Å². The summed E-state index contributed by atoms with van der Waals surface area (Å²) in [6, 6.07) is 0. The van der Waals surface area contributed by atoms with Crippen LogP contribution in [0.1, 0.15) is 0 Å². The van der Waals surface area contributed by atoms with Crippen molar-refractivity contribution in [1.29, 1.82) is 0 Å². The van der Waals surface area contributed by atoms with Gasteiger partial charge in [0.2, 0.25) is 0 Å². The van der Waals surface area contributed by atoms with E-state index >= 15 is 0 Å². The summed E-state index contributed by atoms with van der Waals surface area (Å²) in [5.41, 5.74) is 0. The molecule has 0 bridgehead atoms. The number of rotatable bonds is 0. The Bertz CT molecular complexity index is 7.61. The van der Waals surface area contributed by atoms with Crippen molar-refractivity contribution < 1.29 is 13.1 Å². The normalized spacial score (nSPS) is 4.40. The van der Waals surface area contributed by atoms with Gasteiger partial charge in [-0.3, -0.25) is 0 Å². The molecule has 0 fully saturated rings. The minimum atomic E-state index is 0. The molecule has 0 aromatic carbocycles. The molecule has 2 atom stereocenters. The maximum absolute atomic E-state index is 4.76. The Morgan fingerprint density at radius 1 is 1.00 bits per heavy atom. The van der Waals surface area contributed by atoms with Crippen LogP contribution in [-0.4, -0.2) is 0 Å². The first-order chi connectivity index (χ1) is 1.41. The van der Waals surface area contributed by atoms with E-state index < -0.39 is 0 Å². The number of halogens is 2. The Morgan fingerprint density at radius 2 is 1.00 bits per heavy atom. The molecule has 0 saturated heterocycles. The zero-order valence-corrected chi connectivity index (χ0v) is 7.97. The molecule has 0 heterocycles. The molecule has 38 valence electrons. The zero-order chi connectivity index (χ0) is 2.71. The van der Waals surface area contributed by atoms with Gasteiger partial charge in [0.25, 0.3) is 0 Å². The van der Waals surface area contributed by atoms with Gasteiger partial charge in [0.15, 0.2) is 0 Å². The van der Waals surface area contributed by atoms with E-state index in [1.54, 1.807) is 0 Å². The van der Waals surface area contributed by atoms with Gasteiger partial charge in [0, 0.05) is 0 Å². The first-order valence-corrected chi connectivity index (χ1v) is 3.31. The van der Waals surface area contributed by atoms with Crippen molar-refractivity contribution in [3.63, 3.8) is 0 Å². The molecule has 0 aromatic rings. The number of hydrogen-bond donors (Lipinski definition) is 0. The summed E-state index contributed by atoms with van der Waals surface area (Å²) < 4.78 is 0. The van der Waals surface area contributed by atoms with Crippen molar-refractivity contribution in [3.05, 3.63) is 0 Å². The van der Waals surface area contributed by atoms with Crippen molar-refractivity contribution in [2.45, 2.75) is 0 Å². The van der Waals surface area contributed by atoms with Gasteiger partial charge in [-0.25, -0.2) is 0 Å². The molecule has 0 rings (SSSR count). The van der Waals surface area contributed by atoms with Crippen LogP contribution in [0.5, 0.6) is 0 Å². The second kappa shape index (κ2) is 16.7. The molecule has 0 aromatic heterocycles. The molecular weight excluding hydrogens is 189 g/mol. The number of hydrogen-bond acceptors (Lipinski definition) is 0. The first kappa shape index (κ1) is 15.8. The Kier molecular flexibility index (Phi) is 52.8. The van der Waals surface area contributed by atoms with Crippen LogP contribution in [-0.2, 0) is 13.1 Å². The molecule has 5 heteroatoms. The van der Waals surface area contributed by atoms with Crippen LogP contribution in [0, 0.1) is 0 Å². The molecule has 0 N–H and O–H groups in total. The summed E-state index contributed by atoms with van der Waals surface area (Å²) in [6.45, 7) is 0. The molecule has 0 nitrogen and oxygen atoms in total. The van der Waals surface area contributed by atoms with Crippen LogP contribution in [0.2, 0.25) is 0 Å². The van der Waals surface area contributed by atoms with Crippen molar-refractivity contribution in [1.82, 2.24) is 0 Å². The van der Waals surface area contributed by atoms with Crippen LogP contribution < -0.4 is 0 Å². The van der Waals surface area contributed by atoms with Gasteiger partial charge in [-0.2, -0.15) is 19.8 Å². The van der Waals surface area contributed by atoms with Crippen LogP contribution in [0.3, 0.4) is 0 Å². The minimum absolute atomic E-state index is 0. The van der Waals surface area contributed by atoms with Gasteiger partial charge in [-0.1, -0.05) is 0 Å². The van der Waals surface area contributed by atoms with E-state index in [9.17, 15) is 0 Å². The summed E-state index contributed by atoms with van der Waals surface area (Å²) in [4.78, 5) is 0. The van der Waals surface area contributed by atoms with Gasteiger partial charge in [0.05, 0.1) is 0 Å². The third-order valence-electron chi connectivity index (χ3n) is 0. The van der Waals surface area contributed by atoms with E-state index in [4.69, 9.17) is 20.2 Å². The molecule has 0 amide bonds. The molecule has 0 aliphatic rings. The van der Waals surface area contributed by atoms with E-state index in [1.165, 1.54) is 0 Å². The first-order valence-electron chi connectivity index (χ1n) is 0.267. The van der Waals surface area contributed by atoms with Crippen molar-refractivity contribution in [2.75, 3.05) is 0 Å². The summed E-state index contributed by atoms with van der Waals surface area (Å²) in [6.07, 6.45) is 0. The summed E-state index contributed by atoms with van der Waals surface area (Å²) in [5, 5.41) is 0. The van der Waals surface area contributed by atoms with Crippen molar-refractivity contribution in [3.8, 4) is 0 Å². The third-order valence-corrected chi connectivity index (χ3v) is 0. The summed E-state index contributed by atoms with van der Waals surface area (Å²) in [5.74, 6) is 0. The topological polar surface area (TPSA) is 0 Å². The fourth-order valence-electron chi connectivity index (χ4n) is 0. The average Bonchev–Trinajstić information content (AvgIpc) is 0.918. The molecule has 2 unspecified atom stereocenters.